The first-order valence-electron chi connectivity index (χ1n) is 5.14. The predicted octanol–water partition coefficient (Wildman–Crippen LogP) is 4.14. The van der Waals surface area contributed by atoms with Gasteiger partial charge in [-0.3, -0.25) is 9.59 Å². The van der Waals surface area contributed by atoms with Gasteiger partial charge in [-0.15, -0.1) is 11.8 Å². The van der Waals surface area contributed by atoms with E-state index in [1.807, 2.05) is 0 Å². The summed E-state index contributed by atoms with van der Waals surface area (Å²) in [4.78, 5) is 22.6. The van der Waals surface area contributed by atoms with Crippen LogP contribution in [0.3, 0.4) is 0 Å². The van der Waals surface area contributed by atoms with Crippen molar-refractivity contribution >= 4 is 75.7 Å². The Balaban J connectivity index is 2.69. The van der Waals surface area contributed by atoms with Gasteiger partial charge < -0.3 is 10.1 Å². The molecule has 0 saturated carbocycles. The van der Waals surface area contributed by atoms with Crippen LogP contribution in [0.5, 0.6) is 0 Å². The average molecular weight is 377 g/mol. The van der Waals surface area contributed by atoms with Crippen LogP contribution in [0.1, 0.15) is 0 Å². The number of hydrogen-bond acceptors (Lipinski definition) is 4. The quantitative estimate of drug-likeness (QED) is 0.619. The molecule has 0 unspecified atom stereocenters. The minimum absolute atomic E-state index is 0.0336. The van der Waals surface area contributed by atoms with Crippen LogP contribution in [-0.4, -0.2) is 30.5 Å². The van der Waals surface area contributed by atoms with Crippen LogP contribution in [0.15, 0.2) is 6.07 Å². The highest BCUT2D eigenvalue weighted by Gasteiger charge is 2.16. The van der Waals surface area contributed by atoms with E-state index < -0.39 is 5.97 Å². The van der Waals surface area contributed by atoms with Gasteiger partial charge in [-0.1, -0.05) is 46.4 Å². The van der Waals surface area contributed by atoms with Gasteiger partial charge in [0.25, 0.3) is 0 Å². The Morgan fingerprint density at radius 3 is 2.20 bits per heavy atom. The number of benzene rings is 1. The summed E-state index contributed by atoms with van der Waals surface area (Å²) in [6.07, 6.45) is 0. The van der Waals surface area contributed by atoms with Gasteiger partial charge in [0.15, 0.2) is 0 Å². The zero-order valence-electron chi connectivity index (χ0n) is 10.1. The molecule has 0 aliphatic carbocycles. The lowest BCUT2D eigenvalue weighted by molar-refractivity contribution is -0.137. The van der Waals surface area contributed by atoms with Crippen LogP contribution in [0.25, 0.3) is 0 Å². The van der Waals surface area contributed by atoms with Gasteiger partial charge >= 0.3 is 5.97 Å². The van der Waals surface area contributed by atoms with Gasteiger partial charge in [0.2, 0.25) is 5.91 Å². The fraction of sp³-hybridized carbons (Fsp3) is 0.273. The van der Waals surface area contributed by atoms with E-state index in [2.05, 4.69) is 10.1 Å². The molecule has 1 rings (SSSR count). The summed E-state index contributed by atoms with van der Waals surface area (Å²) in [5.74, 6) is -0.696. The second-order valence-electron chi connectivity index (χ2n) is 3.46. The molecule has 4 nitrogen and oxygen atoms in total. The molecular weight excluding hydrogens is 368 g/mol. The number of rotatable bonds is 5. The van der Waals surface area contributed by atoms with Crippen LogP contribution in [0.4, 0.5) is 5.69 Å². The van der Waals surface area contributed by atoms with Crippen LogP contribution >= 0.6 is 58.2 Å². The third-order valence-corrected chi connectivity index (χ3v) is 4.54. The van der Waals surface area contributed by atoms with Crippen molar-refractivity contribution < 1.29 is 14.3 Å². The molecule has 1 N–H and O–H groups in total. The molecule has 1 aromatic rings. The summed E-state index contributed by atoms with van der Waals surface area (Å²) in [7, 11) is 1.27. The number of ether oxygens (including phenoxy) is 1. The largest absolute Gasteiger partial charge is 0.468 e. The molecule has 0 spiro atoms. The van der Waals surface area contributed by atoms with Crippen molar-refractivity contribution in [2.24, 2.45) is 0 Å². The Bertz CT molecular complexity index is 513. The molecule has 0 radical (unpaired) electrons. The predicted molar refractivity (Wildman–Crippen MR) is 84.5 cm³/mol. The van der Waals surface area contributed by atoms with E-state index in [4.69, 9.17) is 46.4 Å². The summed E-state index contributed by atoms with van der Waals surface area (Å²) in [6, 6.07) is 1.38. The van der Waals surface area contributed by atoms with Gasteiger partial charge in [-0.25, -0.2) is 0 Å². The zero-order chi connectivity index (χ0) is 15.3. The zero-order valence-corrected chi connectivity index (χ0v) is 14.0. The van der Waals surface area contributed by atoms with Crippen LogP contribution in [0.2, 0.25) is 20.1 Å². The van der Waals surface area contributed by atoms with Gasteiger partial charge in [0, 0.05) is 0 Å². The van der Waals surface area contributed by atoms with Crippen LogP contribution in [-0.2, 0) is 14.3 Å². The molecule has 0 aromatic heterocycles. The number of anilines is 1. The maximum absolute atomic E-state index is 11.7. The summed E-state index contributed by atoms with van der Waals surface area (Å²) in [5.41, 5.74) is 0.148. The first kappa shape index (κ1) is 17.7. The smallest absolute Gasteiger partial charge is 0.315 e. The summed E-state index contributed by atoms with van der Waals surface area (Å²) >= 11 is 24.7. The highest BCUT2D eigenvalue weighted by Crippen LogP contribution is 2.40. The van der Waals surface area contributed by atoms with Crippen molar-refractivity contribution in [2.45, 2.75) is 0 Å². The molecule has 110 valence electrons. The number of carbonyl (C=O) groups is 2. The average Bonchev–Trinajstić information content (AvgIpc) is 2.41. The topological polar surface area (TPSA) is 55.4 Å². The molecule has 0 aliphatic rings. The van der Waals surface area contributed by atoms with E-state index in [1.54, 1.807) is 0 Å². The standard InChI is InChI=1S/C11H9Cl4NO3S/c1-19-8(18)4-20-3-7(17)16-11-9(14)5(12)2-6(13)10(11)15/h2H,3-4H2,1H3,(H,16,17). The van der Waals surface area contributed by atoms with E-state index in [0.717, 1.165) is 11.8 Å². The Kier molecular flexibility index (Phi) is 7.26. The Hall–Kier alpha value is -0.330. The number of amides is 1. The van der Waals surface area contributed by atoms with Gasteiger partial charge in [0.1, 0.15) is 0 Å². The molecule has 0 atom stereocenters. The van der Waals surface area contributed by atoms with Crippen LogP contribution < -0.4 is 5.32 Å². The Morgan fingerprint density at radius 1 is 1.15 bits per heavy atom. The van der Waals surface area contributed by atoms with E-state index in [0.29, 0.717) is 0 Å². The number of halogens is 4. The maximum Gasteiger partial charge on any atom is 0.315 e. The number of hydrogen-bond donors (Lipinski definition) is 1. The molecule has 1 aromatic carbocycles. The molecule has 0 heterocycles. The fourth-order valence-electron chi connectivity index (χ4n) is 1.14. The van der Waals surface area contributed by atoms with Crippen molar-refractivity contribution in [1.29, 1.82) is 0 Å². The van der Waals surface area contributed by atoms with Crippen molar-refractivity contribution in [3.8, 4) is 0 Å². The molecule has 0 fully saturated rings. The van der Waals surface area contributed by atoms with E-state index in [9.17, 15) is 9.59 Å². The normalized spacial score (nSPS) is 10.2. The monoisotopic (exact) mass is 375 g/mol. The number of carbonyl (C=O) groups excluding carboxylic acids is 2. The second-order valence-corrected chi connectivity index (χ2v) is 6.02. The molecule has 0 saturated heterocycles. The lowest BCUT2D eigenvalue weighted by Gasteiger charge is -2.11. The summed E-state index contributed by atoms with van der Waals surface area (Å²) < 4.78 is 4.45. The van der Waals surface area contributed by atoms with Crippen LogP contribution in [0, 0.1) is 0 Å². The highest BCUT2D eigenvalue weighted by atomic mass is 35.5. The third-order valence-electron chi connectivity index (χ3n) is 2.06. The van der Waals surface area contributed by atoms with E-state index in [1.165, 1.54) is 13.2 Å². The van der Waals surface area contributed by atoms with Crippen molar-refractivity contribution in [3.63, 3.8) is 0 Å². The van der Waals surface area contributed by atoms with Gasteiger partial charge in [0.05, 0.1) is 44.4 Å². The molecule has 9 heteroatoms. The highest BCUT2D eigenvalue weighted by molar-refractivity contribution is 8.00. The second kappa shape index (κ2) is 8.20. The lowest BCUT2D eigenvalue weighted by atomic mass is 10.3. The van der Waals surface area contributed by atoms with Crippen molar-refractivity contribution in [2.75, 3.05) is 23.9 Å². The molecule has 1 amide bonds. The first-order chi connectivity index (χ1) is 9.36. The van der Waals surface area contributed by atoms with E-state index >= 15 is 0 Å². The first-order valence-corrected chi connectivity index (χ1v) is 7.80. The molecular formula is C11H9Cl4NO3S. The molecule has 0 aliphatic heterocycles. The SMILES string of the molecule is COC(=O)CSCC(=O)Nc1c(Cl)c(Cl)cc(Cl)c1Cl. The number of methoxy groups -OCH3 is 1. The van der Waals surface area contributed by atoms with Crippen molar-refractivity contribution in [1.82, 2.24) is 0 Å². The fourth-order valence-corrected chi connectivity index (χ4v) is 2.69. The number of nitrogens with one attached hydrogen (secondary N) is 1. The minimum atomic E-state index is -0.412. The minimum Gasteiger partial charge on any atom is -0.468 e. The van der Waals surface area contributed by atoms with Crippen molar-refractivity contribution in [3.05, 3.63) is 26.2 Å². The Morgan fingerprint density at radius 2 is 1.70 bits per heavy atom. The van der Waals surface area contributed by atoms with Gasteiger partial charge in [-0.05, 0) is 6.07 Å². The van der Waals surface area contributed by atoms with E-state index in [-0.39, 0.29) is 43.2 Å². The number of thioether (sulfide) groups is 1. The molecule has 0 bridgehead atoms. The third kappa shape index (κ3) is 4.90. The number of esters is 1. The molecule has 20 heavy (non-hydrogen) atoms. The lowest BCUT2D eigenvalue weighted by Crippen LogP contribution is -2.16. The summed E-state index contributed by atoms with van der Waals surface area (Å²) in [6.45, 7) is 0. The maximum atomic E-state index is 11.7. The summed E-state index contributed by atoms with van der Waals surface area (Å²) in [5, 5.41) is 3.07. The Labute approximate surface area is 140 Å². The van der Waals surface area contributed by atoms with Gasteiger partial charge in [-0.2, -0.15) is 0 Å².